The first kappa shape index (κ1) is 15.2. The van der Waals surface area contributed by atoms with E-state index in [2.05, 4.69) is 0 Å². The molecule has 1 heterocycles. The Kier molecular flexibility index (Phi) is 4.33. The molecular weight excluding hydrogens is 306 g/mol. The fourth-order valence-corrected chi connectivity index (χ4v) is 3.52. The summed E-state index contributed by atoms with van der Waals surface area (Å²) < 4.78 is 25.7. The second-order valence-electron chi connectivity index (χ2n) is 4.48. The highest BCUT2D eigenvalue weighted by Crippen LogP contribution is 2.27. The first-order valence-electron chi connectivity index (χ1n) is 6.03. The van der Waals surface area contributed by atoms with Crippen LogP contribution in [0.1, 0.15) is 28.8 Å². The molecule has 8 heteroatoms. The summed E-state index contributed by atoms with van der Waals surface area (Å²) in [6.07, 6.45) is 1.50. The van der Waals surface area contributed by atoms with Crippen molar-refractivity contribution >= 4 is 27.6 Å². The van der Waals surface area contributed by atoms with Gasteiger partial charge in [0.15, 0.2) is 0 Å². The number of sulfonamides is 1. The molecule has 1 fully saturated rings. The number of nitrogens with zero attached hydrogens (tertiary/aromatic N) is 1. The minimum Gasteiger partial charge on any atom is -0.478 e. The third-order valence-corrected chi connectivity index (χ3v) is 5.15. The zero-order valence-corrected chi connectivity index (χ0v) is 12.4. The van der Waals surface area contributed by atoms with Gasteiger partial charge >= 0.3 is 5.97 Å². The normalized spacial score (nSPS) is 17.1. The largest absolute Gasteiger partial charge is 0.478 e. The lowest BCUT2D eigenvalue weighted by Gasteiger charge is -2.25. The van der Waals surface area contributed by atoms with E-state index in [0.717, 1.165) is 17.0 Å². The van der Waals surface area contributed by atoms with Crippen LogP contribution in [0.4, 0.5) is 0 Å². The maximum atomic E-state index is 12.4. The first-order valence-corrected chi connectivity index (χ1v) is 7.85. The molecule has 1 saturated heterocycles. The molecule has 0 bridgehead atoms. The molecule has 0 spiro atoms. The Morgan fingerprint density at radius 3 is 2.65 bits per heavy atom. The van der Waals surface area contributed by atoms with E-state index in [1.807, 2.05) is 0 Å². The van der Waals surface area contributed by atoms with E-state index in [1.165, 1.54) is 6.07 Å². The Bertz CT molecular complexity index is 637. The Labute approximate surface area is 121 Å². The molecule has 0 aliphatic carbocycles. The number of hydroxylamine groups is 1. The van der Waals surface area contributed by atoms with Gasteiger partial charge in [-0.25, -0.2) is 13.2 Å². The molecule has 20 heavy (non-hydrogen) atoms. The van der Waals surface area contributed by atoms with Gasteiger partial charge in [-0.15, -0.1) is 0 Å². The second-order valence-corrected chi connectivity index (χ2v) is 6.69. The van der Waals surface area contributed by atoms with Gasteiger partial charge in [0.05, 0.1) is 22.1 Å². The summed E-state index contributed by atoms with van der Waals surface area (Å²) in [6, 6.07) is 2.41. The van der Waals surface area contributed by atoms with E-state index in [4.69, 9.17) is 21.5 Å². The smallest absolute Gasteiger partial charge is 0.337 e. The van der Waals surface area contributed by atoms with E-state index in [0.29, 0.717) is 18.6 Å². The van der Waals surface area contributed by atoms with Crippen LogP contribution in [0, 0.1) is 6.92 Å². The fourth-order valence-electron chi connectivity index (χ4n) is 1.92. The van der Waals surface area contributed by atoms with Gasteiger partial charge < -0.3 is 5.11 Å². The van der Waals surface area contributed by atoms with Gasteiger partial charge in [0.2, 0.25) is 0 Å². The fraction of sp³-hybridized carbons (Fsp3) is 0.417. The second kappa shape index (κ2) is 5.69. The molecule has 0 radical (unpaired) electrons. The third-order valence-electron chi connectivity index (χ3n) is 2.99. The molecule has 1 aliphatic heterocycles. The Morgan fingerprint density at radius 1 is 1.40 bits per heavy atom. The van der Waals surface area contributed by atoms with Crippen molar-refractivity contribution in [1.82, 2.24) is 4.47 Å². The molecular formula is C12H14ClNO5S. The molecule has 0 saturated carbocycles. The van der Waals surface area contributed by atoms with Gasteiger partial charge in [0.1, 0.15) is 0 Å². The van der Waals surface area contributed by atoms with E-state index in [9.17, 15) is 13.2 Å². The quantitative estimate of drug-likeness (QED) is 0.922. The highest BCUT2D eigenvalue weighted by Gasteiger charge is 2.29. The Morgan fingerprint density at radius 2 is 2.10 bits per heavy atom. The minimum absolute atomic E-state index is 0.0380. The van der Waals surface area contributed by atoms with E-state index in [-0.39, 0.29) is 22.0 Å². The zero-order valence-electron chi connectivity index (χ0n) is 10.8. The third kappa shape index (κ3) is 2.80. The monoisotopic (exact) mass is 319 g/mol. The molecule has 1 aromatic carbocycles. The van der Waals surface area contributed by atoms with Crippen LogP contribution in [0.15, 0.2) is 17.0 Å². The van der Waals surface area contributed by atoms with Crippen LogP contribution in [0.2, 0.25) is 5.02 Å². The lowest BCUT2D eigenvalue weighted by Crippen LogP contribution is -2.35. The minimum atomic E-state index is -3.87. The summed E-state index contributed by atoms with van der Waals surface area (Å²) in [7, 11) is -3.87. The molecule has 1 N–H and O–H groups in total. The number of carboxylic acid groups (broad SMARTS) is 1. The SMILES string of the molecule is Cc1cc(S(=O)(=O)N2CCCCO2)cc(C(=O)O)c1Cl. The molecule has 1 aliphatic rings. The average Bonchev–Trinajstić information content (AvgIpc) is 2.42. The number of carbonyl (C=O) groups is 1. The number of hydrogen-bond acceptors (Lipinski definition) is 4. The Balaban J connectivity index is 2.49. The van der Waals surface area contributed by atoms with Gasteiger partial charge in [0.25, 0.3) is 10.0 Å². The van der Waals surface area contributed by atoms with Crippen LogP contribution in [-0.4, -0.2) is 37.1 Å². The van der Waals surface area contributed by atoms with E-state index < -0.39 is 16.0 Å². The van der Waals surface area contributed by atoms with Crippen molar-refractivity contribution in [3.05, 3.63) is 28.3 Å². The molecule has 110 valence electrons. The lowest BCUT2D eigenvalue weighted by molar-refractivity contribution is -0.108. The summed E-state index contributed by atoms with van der Waals surface area (Å²) in [4.78, 5) is 16.1. The van der Waals surface area contributed by atoms with Gasteiger partial charge in [-0.1, -0.05) is 16.1 Å². The maximum absolute atomic E-state index is 12.4. The number of rotatable bonds is 3. The van der Waals surface area contributed by atoms with Crippen LogP contribution < -0.4 is 0 Å². The van der Waals surface area contributed by atoms with Crippen LogP contribution in [0.3, 0.4) is 0 Å². The summed E-state index contributed by atoms with van der Waals surface area (Å²) in [5, 5.41) is 9.10. The summed E-state index contributed by atoms with van der Waals surface area (Å²) in [6.45, 7) is 2.15. The number of hydrogen-bond donors (Lipinski definition) is 1. The number of carboxylic acids is 1. The van der Waals surface area contributed by atoms with Crippen LogP contribution in [-0.2, 0) is 14.9 Å². The van der Waals surface area contributed by atoms with Crippen molar-refractivity contribution in [3.63, 3.8) is 0 Å². The summed E-state index contributed by atoms with van der Waals surface area (Å²) in [5.74, 6) is -1.27. The maximum Gasteiger partial charge on any atom is 0.337 e. The van der Waals surface area contributed by atoms with Crippen molar-refractivity contribution in [3.8, 4) is 0 Å². The van der Waals surface area contributed by atoms with Crippen molar-refractivity contribution in [1.29, 1.82) is 0 Å². The molecule has 0 unspecified atom stereocenters. The molecule has 0 atom stereocenters. The lowest BCUT2D eigenvalue weighted by atomic mass is 10.1. The molecule has 0 amide bonds. The summed E-state index contributed by atoms with van der Waals surface area (Å²) in [5.41, 5.74) is 0.157. The first-order chi connectivity index (χ1) is 9.34. The van der Waals surface area contributed by atoms with Crippen molar-refractivity contribution in [2.24, 2.45) is 0 Å². The van der Waals surface area contributed by atoms with Crippen molar-refractivity contribution < 1.29 is 23.2 Å². The molecule has 6 nitrogen and oxygen atoms in total. The predicted octanol–water partition coefficient (Wildman–Crippen LogP) is 2.06. The van der Waals surface area contributed by atoms with Crippen molar-refractivity contribution in [2.45, 2.75) is 24.7 Å². The average molecular weight is 320 g/mol. The number of aromatic carboxylic acids is 1. The topological polar surface area (TPSA) is 83.9 Å². The Hall–Kier alpha value is -1.15. The number of aryl methyl sites for hydroxylation is 1. The van der Waals surface area contributed by atoms with Crippen LogP contribution >= 0.6 is 11.6 Å². The van der Waals surface area contributed by atoms with Gasteiger partial charge in [-0.05, 0) is 37.5 Å². The summed E-state index contributed by atoms with van der Waals surface area (Å²) >= 11 is 5.88. The molecule has 1 aromatic rings. The standard InChI is InChI=1S/C12H14ClNO5S/c1-8-6-9(7-10(11(8)13)12(15)16)20(17,18)14-4-2-3-5-19-14/h6-7H,2-5H2,1H3,(H,15,16). The van der Waals surface area contributed by atoms with Crippen LogP contribution in [0.25, 0.3) is 0 Å². The number of halogens is 1. The van der Waals surface area contributed by atoms with Crippen molar-refractivity contribution in [2.75, 3.05) is 13.2 Å². The number of benzene rings is 1. The van der Waals surface area contributed by atoms with Crippen LogP contribution in [0.5, 0.6) is 0 Å². The predicted molar refractivity (Wildman–Crippen MR) is 72.2 cm³/mol. The highest BCUT2D eigenvalue weighted by molar-refractivity contribution is 7.89. The van der Waals surface area contributed by atoms with Gasteiger partial charge in [0, 0.05) is 6.54 Å². The van der Waals surface area contributed by atoms with Gasteiger partial charge in [-0.3, -0.25) is 4.84 Å². The highest BCUT2D eigenvalue weighted by atomic mass is 35.5. The molecule has 0 aromatic heterocycles. The van der Waals surface area contributed by atoms with Gasteiger partial charge in [-0.2, -0.15) is 0 Å². The molecule has 2 rings (SSSR count). The van der Waals surface area contributed by atoms with E-state index in [1.54, 1.807) is 6.92 Å². The van der Waals surface area contributed by atoms with E-state index >= 15 is 0 Å². The zero-order chi connectivity index (χ0) is 14.9.